The van der Waals surface area contributed by atoms with Crippen LogP contribution in [0.5, 0.6) is 0 Å². The van der Waals surface area contributed by atoms with E-state index in [0.29, 0.717) is 13.1 Å². The first-order chi connectivity index (χ1) is 20.5. The van der Waals surface area contributed by atoms with Crippen LogP contribution in [0.2, 0.25) is 0 Å². The van der Waals surface area contributed by atoms with Gasteiger partial charge in [-0.3, -0.25) is 4.79 Å². The van der Waals surface area contributed by atoms with Crippen molar-refractivity contribution >= 4 is 44.1 Å². The molecule has 2 aliphatic rings. The average molecular weight is 611 g/mol. The maximum Gasteiger partial charge on any atom is 0.262 e. The number of carbonyl (C=O) groups excluding carboxylic acids is 1. The Morgan fingerprint density at radius 2 is 1.48 bits per heavy atom. The average Bonchev–Trinajstić information content (AvgIpc) is 3.45. The summed E-state index contributed by atoms with van der Waals surface area (Å²) in [6, 6.07) is 42.1. The molecule has 2 aliphatic heterocycles. The number of para-hydroxylation sites is 2. The van der Waals surface area contributed by atoms with Gasteiger partial charge in [-0.05, 0) is 48.4 Å². The first-order valence-electron chi connectivity index (χ1n) is 14.3. The van der Waals surface area contributed by atoms with Crippen molar-refractivity contribution in [1.29, 1.82) is 0 Å². The van der Waals surface area contributed by atoms with Gasteiger partial charge in [0.15, 0.2) is 5.54 Å². The lowest BCUT2D eigenvalue weighted by Gasteiger charge is -2.37. The maximum absolute atomic E-state index is 15.1. The van der Waals surface area contributed by atoms with Gasteiger partial charge in [0, 0.05) is 44.3 Å². The van der Waals surface area contributed by atoms with Crippen LogP contribution in [0.3, 0.4) is 0 Å². The van der Waals surface area contributed by atoms with Crippen molar-refractivity contribution in [1.82, 2.24) is 4.57 Å². The minimum absolute atomic E-state index is 0.0366. The van der Waals surface area contributed by atoms with Crippen molar-refractivity contribution in [3.05, 3.63) is 154 Å². The number of benzene rings is 5. The molecule has 0 saturated carbocycles. The summed E-state index contributed by atoms with van der Waals surface area (Å²) in [6.07, 6.45) is 0. The van der Waals surface area contributed by atoms with E-state index in [1.807, 2.05) is 17.0 Å². The Morgan fingerprint density at radius 1 is 0.762 bits per heavy atom. The van der Waals surface area contributed by atoms with Gasteiger partial charge in [-0.1, -0.05) is 112 Å². The zero-order valence-corrected chi connectivity index (χ0v) is 24.7. The Hall–Kier alpha value is -4.61. The molecule has 1 atom stereocenters. The fourth-order valence-corrected chi connectivity index (χ4v) is 7.18. The standard InChI is InChI=1S/C37H28BrN3O/c1-24-15-17-26(18-16-24)23-41-33-20-19-27(38)21-30(33)37(36(41)42)34-29-12-6-8-14-32(29)40(22-25-9-3-2-4-10-25)35(34)28-11-5-7-13-31(28)39-37/h2-21,39H,22-23H2,1H3. The Balaban J connectivity index is 1.43. The fraction of sp³-hybridized carbons (Fsp3) is 0.108. The number of hydrogen-bond donors (Lipinski definition) is 1. The molecule has 8 rings (SSSR count). The third-order valence-corrected chi connectivity index (χ3v) is 9.21. The van der Waals surface area contributed by atoms with Crippen LogP contribution in [-0.4, -0.2) is 10.5 Å². The van der Waals surface area contributed by atoms with Gasteiger partial charge in [-0.15, -0.1) is 0 Å². The third kappa shape index (κ3) is 3.63. The molecule has 5 heteroatoms. The number of carbonyl (C=O) groups is 1. The molecular formula is C37H28BrN3O. The number of amides is 1. The summed E-state index contributed by atoms with van der Waals surface area (Å²) in [5, 5.41) is 4.92. The smallest absolute Gasteiger partial charge is 0.262 e. The fourth-order valence-electron chi connectivity index (χ4n) is 6.82. The Labute approximate surface area is 253 Å². The highest BCUT2D eigenvalue weighted by Crippen LogP contribution is 2.56. The Bertz CT molecular complexity index is 2010. The van der Waals surface area contributed by atoms with Crippen molar-refractivity contribution < 1.29 is 4.79 Å². The number of halogens is 1. The Kier molecular flexibility index (Phi) is 5.66. The van der Waals surface area contributed by atoms with Crippen LogP contribution in [0.4, 0.5) is 11.4 Å². The van der Waals surface area contributed by atoms with Crippen LogP contribution in [0.1, 0.15) is 27.8 Å². The lowest BCUT2D eigenvalue weighted by molar-refractivity contribution is -0.121. The summed E-state index contributed by atoms with van der Waals surface area (Å²) in [5.41, 5.74) is 9.61. The summed E-state index contributed by atoms with van der Waals surface area (Å²) in [6.45, 7) is 3.28. The van der Waals surface area contributed by atoms with E-state index in [9.17, 15) is 0 Å². The molecule has 42 heavy (non-hydrogen) atoms. The number of rotatable bonds is 4. The second kappa shape index (κ2) is 9.47. The van der Waals surface area contributed by atoms with Crippen LogP contribution >= 0.6 is 15.9 Å². The topological polar surface area (TPSA) is 37.3 Å². The molecule has 204 valence electrons. The first-order valence-corrected chi connectivity index (χ1v) is 15.0. The predicted octanol–water partition coefficient (Wildman–Crippen LogP) is 8.64. The molecule has 0 saturated heterocycles. The van der Waals surface area contributed by atoms with Crippen molar-refractivity contribution in [3.63, 3.8) is 0 Å². The van der Waals surface area contributed by atoms with E-state index < -0.39 is 5.54 Å². The molecule has 4 nitrogen and oxygen atoms in total. The largest absolute Gasteiger partial charge is 0.363 e. The number of nitrogens with one attached hydrogen (secondary N) is 1. The van der Waals surface area contributed by atoms with Crippen LogP contribution < -0.4 is 10.2 Å². The van der Waals surface area contributed by atoms with Crippen molar-refractivity contribution in [3.8, 4) is 11.3 Å². The summed E-state index contributed by atoms with van der Waals surface area (Å²) < 4.78 is 3.34. The van der Waals surface area contributed by atoms with Gasteiger partial charge in [0.1, 0.15) is 0 Å². The number of aryl methyl sites for hydroxylation is 1. The lowest BCUT2D eigenvalue weighted by atomic mass is 9.77. The number of nitrogens with zero attached hydrogens (tertiary/aromatic N) is 2. The number of fused-ring (bicyclic) bond motifs is 8. The highest BCUT2D eigenvalue weighted by molar-refractivity contribution is 9.10. The molecule has 0 fully saturated rings. The van der Waals surface area contributed by atoms with Crippen molar-refractivity contribution in [2.75, 3.05) is 10.2 Å². The van der Waals surface area contributed by atoms with Crippen molar-refractivity contribution in [2.45, 2.75) is 25.6 Å². The van der Waals surface area contributed by atoms with E-state index >= 15 is 4.79 Å². The van der Waals surface area contributed by atoms with Crippen molar-refractivity contribution in [2.24, 2.45) is 0 Å². The van der Waals surface area contributed by atoms with Gasteiger partial charge in [-0.25, -0.2) is 0 Å². The van der Waals surface area contributed by atoms with Gasteiger partial charge in [0.2, 0.25) is 0 Å². The third-order valence-electron chi connectivity index (χ3n) is 8.71. The molecule has 0 bridgehead atoms. The van der Waals surface area contributed by atoms with Gasteiger partial charge in [0.05, 0.1) is 17.9 Å². The van der Waals surface area contributed by atoms with E-state index in [-0.39, 0.29) is 5.91 Å². The molecule has 0 aliphatic carbocycles. The van der Waals surface area contributed by atoms with Crippen LogP contribution in [-0.2, 0) is 23.4 Å². The highest BCUT2D eigenvalue weighted by atomic mass is 79.9. The normalized spacial score (nSPS) is 16.8. The van der Waals surface area contributed by atoms with Gasteiger partial charge in [0.25, 0.3) is 5.91 Å². The summed E-state index contributed by atoms with van der Waals surface area (Å²) in [4.78, 5) is 17.1. The van der Waals surface area contributed by atoms with Crippen LogP contribution in [0, 0.1) is 6.92 Å². The van der Waals surface area contributed by atoms with Crippen LogP contribution in [0.25, 0.3) is 22.2 Å². The molecular weight excluding hydrogens is 582 g/mol. The zero-order valence-electron chi connectivity index (χ0n) is 23.1. The van der Waals surface area contributed by atoms with E-state index in [2.05, 4.69) is 142 Å². The summed E-state index contributed by atoms with van der Waals surface area (Å²) in [7, 11) is 0. The Morgan fingerprint density at radius 3 is 2.31 bits per heavy atom. The van der Waals surface area contributed by atoms with E-state index in [1.54, 1.807) is 0 Å². The quantitative estimate of drug-likeness (QED) is 0.217. The molecule has 1 N–H and O–H groups in total. The minimum Gasteiger partial charge on any atom is -0.363 e. The van der Waals surface area contributed by atoms with E-state index in [0.717, 1.165) is 54.7 Å². The van der Waals surface area contributed by atoms with E-state index in [4.69, 9.17) is 0 Å². The SMILES string of the molecule is Cc1ccc(CN2C(=O)C3(Nc4ccccc4-c4c3c3ccccc3n4Cc3ccccc3)c3cc(Br)ccc32)cc1. The van der Waals surface area contributed by atoms with Crippen LogP contribution in [0.15, 0.2) is 126 Å². The molecule has 3 heterocycles. The minimum atomic E-state index is -1.09. The molecule has 5 aromatic carbocycles. The predicted molar refractivity (Wildman–Crippen MR) is 174 cm³/mol. The van der Waals surface area contributed by atoms with E-state index in [1.165, 1.54) is 11.1 Å². The molecule has 6 aromatic rings. The first kappa shape index (κ1) is 25.1. The molecule has 1 unspecified atom stereocenters. The maximum atomic E-state index is 15.1. The van der Waals surface area contributed by atoms with Gasteiger partial charge >= 0.3 is 0 Å². The highest BCUT2D eigenvalue weighted by Gasteiger charge is 2.57. The van der Waals surface area contributed by atoms with Gasteiger partial charge in [-0.2, -0.15) is 0 Å². The summed E-state index contributed by atoms with van der Waals surface area (Å²) in [5.74, 6) is 0.0366. The second-order valence-electron chi connectivity index (χ2n) is 11.3. The second-order valence-corrected chi connectivity index (χ2v) is 12.2. The number of hydrogen-bond acceptors (Lipinski definition) is 2. The van der Waals surface area contributed by atoms with Gasteiger partial charge < -0.3 is 14.8 Å². The number of anilines is 2. The molecule has 0 radical (unpaired) electrons. The molecule has 1 spiro atoms. The lowest BCUT2D eigenvalue weighted by Crippen LogP contribution is -2.48. The zero-order chi connectivity index (χ0) is 28.4. The number of aromatic nitrogens is 1. The monoisotopic (exact) mass is 609 g/mol. The molecule has 1 aromatic heterocycles. The molecule has 1 amide bonds. The summed E-state index contributed by atoms with van der Waals surface area (Å²) >= 11 is 3.74.